The molecule has 0 radical (unpaired) electrons. The van der Waals surface area contributed by atoms with Crippen LogP contribution in [0, 0.1) is 5.92 Å². The molecule has 3 unspecified atom stereocenters. The zero-order valence-electron chi connectivity index (χ0n) is 9.04. The fourth-order valence-electron chi connectivity index (χ4n) is 2.47. The Morgan fingerprint density at radius 3 is 2.25 bits per heavy atom. The van der Waals surface area contributed by atoms with Crippen molar-refractivity contribution in [2.24, 2.45) is 11.7 Å². The van der Waals surface area contributed by atoms with Crippen molar-refractivity contribution < 1.29 is 17.9 Å². The summed E-state index contributed by atoms with van der Waals surface area (Å²) in [6.07, 6.45) is -1.98. The van der Waals surface area contributed by atoms with Gasteiger partial charge in [-0.05, 0) is 12.8 Å². The lowest BCUT2D eigenvalue weighted by Crippen LogP contribution is -2.48. The third kappa shape index (κ3) is 2.67. The number of nitrogens with zero attached hydrogens (tertiary/aromatic N) is 1. The van der Waals surface area contributed by atoms with Crippen molar-refractivity contribution in [2.45, 2.75) is 31.2 Å². The number of morpholine rings is 1. The molecule has 2 N–H and O–H groups in total. The number of likely N-dealkylation sites (tertiary alicyclic amines) is 1. The summed E-state index contributed by atoms with van der Waals surface area (Å²) < 4.78 is 43.2. The van der Waals surface area contributed by atoms with E-state index < -0.39 is 12.1 Å². The number of rotatable bonds is 3. The van der Waals surface area contributed by atoms with Gasteiger partial charge in [-0.1, -0.05) is 0 Å². The standard InChI is InChI=1S/C10H17F3N2O/c11-10(12,13)7(3-14)4-15-5-8-1-2-9(6-15)16-8/h7-9H,1-6,14H2. The minimum Gasteiger partial charge on any atom is -0.372 e. The molecule has 2 saturated heterocycles. The second-order valence-corrected chi connectivity index (χ2v) is 4.65. The minimum absolute atomic E-state index is 0.0103. The fourth-order valence-corrected chi connectivity index (χ4v) is 2.47. The second kappa shape index (κ2) is 4.50. The summed E-state index contributed by atoms with van der Waals surface area (Å²) in [5, 5.41) is 0. The Hall–Kier alpha value is -0.330. The molecule has 16 heavy (non-hydrogen) atoms. The first-order valence-electron chi connectivity index (χ1n) is 5.63. The molecule has 3 nitrogen and oxygen atoms in total. The number of alkyl halides is 3. The molecule has 2 rings (SSSR count). The van der Waals surface area contributed by atoms with Crippen LogP contribution in [-0.2, 0) is 4.74 Å². The molecular weight excluding hydrogens is 221 g/mol. The van der Waals surface area contributed by atoms with E-state index >= 15 is 0 Å². The highest BCUT2D eigenvalue weighted by Crippen LogP contribution is 2.30. The number of hydrogen-bond acceptors (Lipinski definition) is 3. The molecule has 0 spiro atoms. The van der Waals surface area contributed by atoms with Gasteiger partial charge in [0.1, 0.15) is 0 Å². The summed E-state index contributed by atoms with van der Waals surface area (Å²) in [4.78, 5) is 1.84. The number of fused-ring (bicyclic) bond motifs is 2. The number of ether oxygens (including phenoxy) is 1. The van der Waals surface area contributed by atoms with Crippen LogP contribution in [0.2, 0.25) is 0 Å². The molecule has 0 aromatic heterocycles. The normalized spacial score (nSPS) is 33.0. The van der Waals surface area contributed by atoms with Crippen LogP contribution in [0.25, 0.3) is 0 Å². The molecule has 2 heterocycles. The molecule has 0 aromatic carbocycles. The van der Waals surface area contributed by atoms with Crippen LogP contribution >= 0.6 is 0 Å². The Kier molecular flexibility index (Phi) is 3.42. The van der Waals surface area contributed by atoms with Gasteiger partial charge in [0.15, 0.2) is 0 Å². The van der Waals surface area contributed by atoms with E-state index in [4.69, 9.17) is 10.5 Å². The highest BCUT2D eigenvalue weighted by Gasteiger charge is 2.42. The monoisotopic (exact) mass is 238 g/mol. The molecule has 6 heteroatoms. The zero-order chi connectivity index (χ0) is 11.8. The van der Waals surface area contributed by atoms with Crippen LogP contribution in [-0.4, -0.2) is 49.5 Å². The fraction of sp³-hybridized carbons (Fsp3) is 1.00. The highest BCUT2D eigenvalue weighted by molar-refractivity contribution is 4.86. The Labute approximate surface area is 92.7 Å². The van der Waals surface area contributed by atoms with Gasteiger partial charge < -0.3 is 10.5 Å². The second-order valence-electron chi connectivity index (χ2n) is 4.65. The van der Waals surface area contributed by atoms with Gasteiger partial charge in [0.25, 0.3) is 0 Å². The van der Waals surface area contributed by atoms with Crippen molar-refractivity contribution in [3.8, 4) is 0 Å². The van der Waals surface area contributed by atoms with Crippen molar-refractivity contribution in [2.75, 3.05) is 26.2 Å². The summed E-state index contributed by atoms with van der Waals surface area (Å²) in [6, 6.07) is 0. The van der Waals surface area contributed by atoms with Crippen LogP contribution in [0.5, 0.6) is 0 Å². The maximum Gasteiger partial charge on any atom is 0.394 e. The molecule has 2 fully saturated rings. The molecule has 94 valence electrons. The van der Waals surface area contributed by atoms with Gasteiger partial charge in [0, 0.05) is 26.2 Å². The third-order valence-electron chi connectivity index (χ3n) is 3.35. The lowest BCUT2D eigenvalue weighted by molar-refractivity contribution is -0.180. The summed E-state index contributed by atoms with van der Waals surface area (Å²) in [5.74, 6) is -1.41. The van der Waals surface area contributed by atoms with Gasteiger partial charge in [-0.15, -0.1) is 0 Å². The molecule has 3 atom stereocenters. The predicted molar refractivity (Wildman–Crippen MR) is 52.9 cm³/mol. The van der Waals surface area contributed by atoms with Gasteiger partial charge in [0.05, 0.1) is 18.1 Å². The van der Waals surface area contributed by atoms with Gasteiger partial charge in [-0.3, -0.25) is 4.90 Å². The highest BCUT2D eigenvalue weighted by atomic mass is 19.4. The maximum absolute atomic E-state index is 12.5. The zero-order valence-corrected chi connectivity index (χ0v) is 9.04. The summed E-state index contributed by atoms with van der Waals surface area (Å²) in [6.45, 7) is 0.901. The van der Waals surface area contributed by atoms with Crippen LogP contribution < -0.4 is 5.73 Å². The van der Waals surface area contributed by atoms with Gasteiger partial charge in [-0.25, -0.2) is 0 Å². The molecule has 2 bridgehead atoms. The number of halogens is 3. The first kappa shape index (κ1) is 12.1. The summed E-state index contributed by atoms with van der Waals surface area (Å²) in [7, 11) is 0. The van der Waals surface area contributed by atoms with Crippen LogP contribution in [0.4, 0.5) is 13.2 Å². The van der Waals surface area contributed by atoms with Crippen LogP contribution in [0.1, 0.15) is 12.8 Å². The quantitative estimate of drug-likeness (QED) is 0.796. The largest absolute Gasteiger partial charge is 0.394 e. The SMILES string of the molecule is NCC(CN1CC2CCC(C1)O2)C(F)(F)F. The van der Waals surface area contributed by atoms with Crippen molar-refractivity contribution in [1.29, 1.82) is 0 Å². The number of nitrogens with two attached hydrogens (primary N) is 1. The van der Waals surface area contributed by atoms with Crippen LogP contribution in [0.3, 0.4) is 0 Å². The number of hydrogen-bond donors (Lipinski definition) is 1. The van der Waals surface area contributed by atoms with E-state index in [1.165, 1.54) is 0 Å². The summed E-state index contributed by atoms with van der Waals surface area (Å²) >= 11 is 0. The molecule has 0 aromatic rings. The van der Waals surface area contributed by atoms with E-state index in [0.29, 0.717) is 13.1 Å². The van der Waals surface area contributed by atoms with E-state index in [2.05, 4.69) is 0 Å². The molecular formula is C10H17F3N2O. The Bertz CT molecular complexity index is 235. The van der Waals surface area contributed by atoms with Gasteiger partial charge in [-0.2, -0.15) is 13.2 Å². The predicted octanol–water partition coefficient (Wildman–Crippen LogP) is 0.987. The first-order valence-corrected chi connectivity index (χ1v) is 5.63. The molecule has 2 aliphatic rings. The Morgan fingerprint density at radius 2 is 1.81 bits per heavy atom. The molecule has 0 amide bonds. The van der Waals surface area contributed by atoms with E-state index in [-0.39, 0.29) is 25.3 Å². The van der Waals surface area contributed by atoms with E-state index in [1.807, 2.05) is 4.90 Å². The average molecular weight is 238 g/mol. The molecule has 2 aliphatic heterocycles. The van der Waals surface area contributed by atoms with Gasteiger partial charge >= 0.3 is 6.18 Å². The van der Waals surface area contributed by atoms with Crippen LogP contribution in [0.15, 0.2) is 0 Å². The van der Waals surface area contributed by atoms with Crippen molar-refractivity contribution >= 4 is 0 Å². The Morgan fingerprint density at radius 1 is 1.25 bits per heavy atom. The maximum atomic E-state index is 12.5. The average Bonchev–Trinajstić information content (AvgIpc) is 2.53. The van der Waals surface area contributed by atoms with Gasteiger partial charge in [0.2, 0.25) is 0 Å². The van der Waals surface area contributed by atoms with E-state index in [0.717, 1.165) is 12.8 Å². The first-order chi connectivity index (χ1) is 7.49. The van der Waals surface area contributed by atoms with Crippen molar-refractivity contribution in [3.63, 3.8) is 0 Å². The van der Waals surface area contributed by atoms with Crippen molar-refractivity contribution in [3.05, 3.63) is 0 Å². The molecule has 0 saturated carbocycles. The third-order valence-corrected chi connectivity index (χ3v) is 3.35. The van der Waals surface area contributed by atoms with Crippen molar-refractivity contribution in [1.82, 2.24) is 4.90 Å². The minimum atomic E-state index is -4.19. The smallest absolute Gasteiger partial charge is 0.372 e. The lowest BCUT2D eigenvalue weighted by atomic mass is 10.1. The molecule has 0 aliphatic carbocycles. The lowest BCUT2D eigenvalue weighted by Gasteiger charge is -2.34. The van der Waals surface area contributed by atoms with E-state index in [1.54, 1.807) is 0 Å². The summed E-state index contributed by atoms with van der Waals surface area (Å²) in [5.41, 5.74) is 5.18. The topological polar surface area (TPSA) is 38.5 Å². The van der Waals surface area contributed by atoms with E-state index in [9.17, 15) is 13.2 Å². The Balaban J connectivity index is 1.89.